The maximum absolute atomic E-state index is 13.2. The Morgan fingerprint density at radius 1 is 1.18 bits per heavy atom. The number of esters is 1. The minimum Gasteiger partial charge on any atom is -0.452 e. The van der Waals surface area contributed by atoms with E-state index in [-0.39, 0.29) is 27.3 Å². The predicted molar refractivity (Wildman–Crippen MR) is 140 cm³/mol. The van der Waals surface area contributed by atoms with E-state index in [2.05, 4.69) is 10.0 Å². The van der Waals surface area contributed by atoms with Crippen LogP contribution in [0.3, 0.4) is 0 Å². The molecular formula is C25H27ClN4O7S. The van der Waals surface area contributed by atoms with Crippen molar-refractivity contribution in [1.29, 1.82) is 0 Å². The second kappa shape index (κ2) is 11.4. The van der Waals surface area contributed by atoms with E-state index in [1.54, 1.807) is 44.3 Å². The highest BCUT2D eigenvalue weighted by Crippen LogP contribution is 2.23. The van der Waals surface area contributed by atoms with Gasteiger partial charge in [-0.3, -0.25) is 19.0 Å². The molecule has 1 aromatic heterocycles. The number of sulfonamides is 1. The summed E-state index contributed by atoms with van der Waals surface area (Å²) in [5, 5.41) is 2.58. The first-order valence-corrected chi connectivity index (χ1v) is 13.7. The van der Waals surface area contributed by atoms with Crippen LogP contribution in [0, 0.1) is 6.92 Å². The van der Waals surface area contributed by atoms with E-state index >= 15 is 0 Å². The number of nitrogens with zero attached hydrogens (tertiary/aromatic N) is 2. The lowest BCUT2D eigenvalue weighted by Crippen LogP contribution is -2.34. The molecule has 1 atom stereocenters. The van der Waals surface area contributed by atoms with Gasteiger partial charge in [0.15, 0.2) is 6.61 Å². The molecule has 0 radical (unpaired) electrons. The van der Waals surface area contributed by atoms with Crippen molar-refractivity contribution in [3.63, 3.8) is 0 Å². The van der Waals surface area contributed by atoms with Crippen LogP contribution >= 0.6 is 11.6 Å². The summed E-state index contributed by atoms with van der Waals surface area (Å²) < 4.78 is 42.1. The quantitative estimate of drug-likeness (QED) is 0.382. The molecule has 4 rings (SSSR count). The highest BCUT2D eigenvalue weighted by Gasteiger charge is 2.24. The molecule has 2 aromatic carbocycles. The molecular weight excluding hydrogens is 536 g/mol. The molecule has 0 aliphatic carbocycles. The molecule has 38 heavy (non-hydrogen) atoms. The maximum Gasteiger partial charge on any atom is 0.338 e. The van der Waals surface area contributed by atoms with Crippen molar-refractivity contribution in [2.45, 2.75) is 30.8 Å². The van der Waals surface area contributed by atoms with Crippen molar-refractivity contribution >= 4 is 39.2 Å². The van der Waals surface area contributed by atoms with E-state index in [1.807, 2.05) is 0 Å². The number of benzene rings is 2. The third-order valence-electron chi connectivity index (χ3n) is 6.09. The van der Waals surface area contributed by atoms with E-state index in [1.165, 1.54) is 15.4 Å². The molecule has 0 spiro atoms. The lowest BCUT2D eigenvalue weighted by atomic mass is 10.2. The number of carbonyl (C=O) groups excluding carboxylic acids is 2. The van der Waals surface area contributed by atoms with E-state index in [0.29, 0.717) is 24.5 Å². The van der Waals surface area contributed by atoms with Crippen molar-refractivity contribution < 1.29 is 27.5 Å². The van der Waals surface area contributed by atoms with Crippen molar-refractivity contribution in [3.8, 4) is 5.69 Å². The molecule has 1 amide bonds. The number of aromatic nitrogens is 2. The zero-order chi connectivity index (χ0) is 27.4. The number of hydrogen-bond donors (Lipinski definition) is 2. The van der Waals surface area contributed by atoms with Crippen LogP contribution in [0.1, 0.15) is 28.9 Å². The summed E-state index contributed by atoms with van der Waals surface area (Å²) in [5.41, 5.74) is 0.0364. The van der Waals surface area contributed by atoms with Crippen LogP contribution in [0.15, 0.2) is 58.2 Å². The first kappa shape index (κ1) is 27.4. The second-order valence-corrected chi connectivity index (χ2v) is 10.9. The lowest BCUT2D eigenvalue weighted by molar-refractivity contribution is -0.124. The Balaban J connectivity index is 1.50. The normalized spacial score (nSPS) is 15.3. The Morgan fingerprint density at radius 3 is 2.61 bits per heavy atom. The third-order valence-corrected chi connectivity index (χ3v) is 7.64. The van der Waals surface area contributed by atoms with Gasteiger partial charge in [0.1, 0.15) is 5.69 Å². The van der Waals surface area contributed by atoms with Crippen LogP contribution in [-0.4, -0.2) is 55.5 Å². The number of carbonyl (C=O) groups is 2. The van der Waals surface area contributed by atoms with Crippen LogP contribution in [0.2, 0.25) is 5.02 Å². The topological polar surface area (TPSA) is 138 Å². The molecule has 1 aliphatic rings. The van der Waals surface area contributed by atoms with Gasteiger partial charge in [0, 0.05) is 25.2 Å². The summed E-state index contributed by atoms with van der Waals surface area (Å²) in [7, 11) is -2.70. The third kappa shape index (κ3) is 6.09. The maximum atomic E-state index is 13.2. The van der Waals surface area contributed by atoms with Gasteiger partial charge in [-0.2, -0.15) is 0 Å². The van der Waals surface area contributed by atoms with Crippen LogP contribution < -0.4 is 15.6 Å². The average molecular weight is 563 g/mol. The average Bonchev–Trinajstić information content (AvgIpc) is 3.49. The number of para-hydroxylation sites is 1. The summed E-state index contributed by atoms with van der Waals surface area (Å²) in [6.45, 7) is 2.01. The fourth-order valence-electron chi connectivity index (χ4n) is 4.01. The molecule has 1 saturated heterocycles. The van der Waals surface area contributed by atoms with Gasteiger partial charge in [0.25, 0.3) is 21.5 Å². The molecule has 2 N–H and O–H groups in total. The SMILES string of the molecule is Cc1c(NS(=O)(=O)c2cc(Cl)cc(C(=O)OCC(=O)NCC3CCCO3)c2)c(=O)n(-c2ccccc2)n1C. The van der Waals surface area contributed by atoms with Crippen molar-refractivity contribution in [2.24, 2.45) is 7.05 Å². The monoisotopic (exact) mass is 562 g/mol. The van der Waals surface area contributed by atoms with Gasteiger partial charge in [-0.05, 0) is 50.1 Å². The number of ether oxygens (including phenoxy) is 2. The van der Waals surface area contributed by atoms with Gasteiger partial charge < -0.3 is 14.8 Å². The fraction of sp³-hybridized carbons (Fsp3) is 0.320. The number of halogens is 1. The number of hydrogen-bond acceptors (Lipinski definition) is 7. The van der Waals surface area contributed by atoms with Crippen molar-refractivity contribution in [2.75, 3.05) is 24.5 Å². The molecule has 0 saturated carbocycles. The van der Waals surface area contributed by atoms with Gasteiger partial charge in [-0.15, -0.1) is 0 Å². The highest BCUT2D eigenvalue weighted by molar-refractivity contribution is 7.92. The molecule has 1 fully saturated rings. The zero-order valence-corrected chi connectivity index (χ0v) is 22.3. The summed E-state index contributed by atoms with van der Waals surface area (Å²) >= 11 is 6.10. The fourth-order valence-corrected chi connectivity index (χ4v) is 5.50. The van der Waals surface area contributed by atoms with Crippen LogP contribution in [0.25, 0.3) is 5.69 Å². The van der Waals surface area contributed by atoms with Gasteiger partial charge >= 0.3 is 5.97 Å². The Bertz CT molecular complexity index is 1510. The summed E-state index contributed by atoms with van der Waals surface area (Å²) in [6, 6.07) is 12.2. The standard InChI is InChI=1S/C25H27ClN4O7S/c1-16-23(24(32)30(29(16)2)19-7-4-3-5-8-19)28-38(34,35)21-12-17(11-18(26)13-21)25(33)37-15-22(31)27-14-20-9-6-10-36-20/h3-5,7-8,11-13,20,28H,6,9-10,14-15H2,1-2H3,(H,27,31). The first-order valence-electron chi connectivity index (χ1n) is 11.8. The lowest BCUT2D eigenvalue weighted by Gasteiger charge is -2.12. The molecule has 202 valence electrons. The van der Waals surface area contributed by atoms with Crippen molar-refractivity contribution in [1.82, 2.24) is 14.7 Å². The predicted octanol–water partition coefficient (Wildman–Crippen LogP) is 2.39. The van der Waals surface area contributed by atoms with E-state index in [9.17, 15) is 22.8 Å². The Hall–Kier alpha value is -3.61. The number of rotatable bonds is 9. The number of amides is 1. The first-order chi connectivity index (χ1) is 18.1. The second-order valence-electron chi connectivity index (χ2n) is 8.73. The number of nitrogens with one attached hydrogen (secondary N) is 2. The summed E-state index contributed by atoms with van der Waals surface area (Å²) in [4.78, 5) is 37.3. The smallest absolute Gasteiger partial charge is 0.338 e. The van der Waals surface area contributed by atoms with E-state index in [0.717, 1.165) is 25.0 Å². The minimum absolute atomic E-state index is 0.0471. The molecule has 1 unspecified atom stereocenters. The highest BCUT2D eigenvalue weighted by atomic mass is 35.5. The molecule has 3 aromatic rings. The summed E-state index contributed by atoms with van der Waals surface area (Å²) in [6.07, 6.45) is 1.71. The van der Waals surface area contributed by atoms with Gasteiger partial charge in [-0.25, -0.2) is 17.9 Å². The van der Waals surface area contributed by atoms with E-state index < -0.39 is 34.1 Å². The number of anilines is 1. The van der Waals surface area contributed by atoms with Crippen LogP contribution in [0.4, 0.5) is 5.69 Å². The Kier molecular flexibility index (Phi) is 8.24. The van der Waals surface area contributed by atoms with Crippen LogP contribution in [0.5, 0.6) is 0 Å². The largest absolute Gasteiger partial charge is 0.452 e. The van der Waals surface area contributed by atoms with Crippen LogP contribution in [-0.2, 0) is 31.3 Å². The van der Waals surface area contributed by atoms with E-state index in [4.69, 9.17) is 21.1 Å². The Labute approximate surface area is 224 Å². The zero-order valence-electron chi connectivity index (χ0n) is 20.8. The minimum atomic E-state index is -4.33. The molecule has 11 nitrogen and oxygen atoms in total. The molecule has 2 heterocycles. The van der Waals surface area contributed by atoms with Crippen molar-refractivity contribution in [3.05, 3.63) is 75.2 Å². The molecule has 13 heteroatoms. The summed E-state index contributed by atoms with van der Waals surface area (Å²) in [5.74, 6) is -1.45. The molecule has 1 aliphatic heterocycles. The molecule has 0 bridgehead atoms. The van der Waals surface area contributed by atoms with Gasteiger partial charge in [0.2, 0.25) is 0 Å². The van der Waals surface area contributed by atoms with Gasteiger partial charge in [0.05, 0.1) is 27.9 Å². The Morgan fingerprint density at radius 2 is 1.92 bits per heavy atom. The van der Waals surface area contributed by atoms with Gasteiger partial charge in [-0.1, -0.05) is 29.8 Å².